The minimum Gasteiger partial charge on any atom is -0.346 e. The van der Waals surface area contributed by atoms with Crippen LogP contribution < -0.4 is 10.6 Å². The van der Waals surface area contributed by atoms with Crippen LogP contribution in [0.25, 0.3) is 0 Å². The Kier molecular flexibility index (Phi) is 2.90. The number of hydrogen-bond donors (Lipinski definition) is 1. The minimum absolute atomic E-state index is 0.473. The second kappa shape index (κ2) is 4.58. The molecule has 0 radical (unpaired) electrons. The van der Waals surface area contributed by atoms with Crippen LogP contribution in [0.1, 0.15) is 22.6 Å². The molecule has 0 unspecified atom stereocenters. The Morgan fingerprint density at radius 1 is 1.21 bits per heavy atom. The first-order chi connectivity index (χ1) is 9.20. The smallest absolute Gasteiger partial charge is 0.156 e. The number of anilines is 1. The molecule has 0 saturated carbocycles. The molecule has 0 aromatic carbocycles. The molecule has 100 valence electrons. The number of aromatic nitrogens is 5. The fraction of sp³-hybridized carbons (Fsp3) is 0.500. The zero-order valence-corrected chi connectivity index (χ0v) is 11.2. The lowest BCUT2D eigenvalue weighted by Gasteiger charge is -2.29. The van der Waals surface area contributed by atoms with Gasteiger partial charge in [0.15, 0.2) is 11.6 Å². The summed E-state index contributed by atoms with van der Waals surface area (Å²) >= 11 is 0. The number of fused-ring (bicyclic) bond motifs is 1. The maximum Gasteiger partial charge on any atom is 0.156 e. The highest BCUT2D eigenvalue weighted by molar-refractivity contribution is 5.51. The molecule has 1 aliphatic heterocycles. The SMILES string of the molecule is Cc1nnc(N2CCn3cnnc3C2)c(CN)c1C. The van der Waals surface area contributed by atoms with Crippen molar-refractivity contribution in [3.63, 3.8) is 0 Å². The van der Waals surface area contributed by atoms with Crippen LogP contribution in [0.15, 0.2) is 6.33 Å². The maximum atomic E-state index is 5.87. The number of nitrogens with zero attached hydrogens (tertiary/aromatic N) is 6. The van der Waals surface area contributed by atoms with Gasteiger partial charge >= 0.3 is 0 Å². The molecular formula is C12H17N7. The normalized spacial score (nSPS) is 14.6. The summed E-state index contributed by atoms with van der Waals surface area (Å²) in [5.74, 6) is 1.83. The van der Waals surface area contributed by atoms with E-state index < -0.39 is 0 Å². The lowest BCUT2D eigenvalue weighted by atomic mass is 10.1. The van der Waals surface area contributed by atoms with Gasteiger partial charge in [-0.1, -0.05) is 0 Å². The van der Waals surface area contributed by atoms with Gasteiger partial charge in [-0.2, -0.15) is 5.10 Å². The van der Waals surface area contributed by atoms with Gasteiger partial charge in [0.2, 0.25) is 0 Å². The van der Waals surface area contributed by atoms with Crippen molar-refractivity contribution in [1.82, 2.24) is 25.0 Å². The van der Waals surface area contributed by atoms with Gasteiger partial charge in [-0.05, 0) is 19.4 Å². The topological polar surface area (TPSA) is 85.8 Å². The fourth-order valence-electron chi connectivity index (χ4n) is 2.39. The van der Waals surface area contributed by atoms with Crippen molar-refractivity contribution in [2.45, 2.75) is 33.5 Å². The Balaban J connectivity index is 1.98. The van der Waals surface area contributed by atoms with E-state index in [9.17, 15) is 0 Å². The molecule has 19 heavy (non-hydrogen) atoms. The second-order valence-electron chi connectivity index (χ2n) is 4.78. The molecule has 3 rings (SSSR count). The summed E-state index contributed by atoms with van der Waals surface area (Å²) in [6.45, 7) is 6.90. The third-order valence-corrected chi connectivity index (χ3v) is 3.70. The third-order valence-electron chi connectivity index (χ3n) is 3.70. The van der Waals surface area contributed by atoms with Gasteiger partial charge in [0.05, 0.1) is 12.2 Å². The molecule has 0 saturated heterocycles. The molecule has 2 N–H and O–H groups in total. The first-order valence-electron chi connectivity index (χ1n) is 6.35. The van der Waals surface area contributed by atoms with E-state index >= 15 is 0 Å². The summed E-state index contributed by atoms with van der Waals surface area (Å²) in [6, 6.07) is 0. The van der Waals surface area contributed by atoms with Crippen molar-refractivity contribution in [3.05, 3.63) is 29.0 Å². The molecule has 7 nitrogen and oxygen atoms in total. The molecule has 0 fully saturated rings. The predicted octanol–water partition coefficient (Wildman–Crippen LogP) is 0.164. The van der Waals surface area contributed by atoms with Crippen LogP contribution in [0.4, 0.5) is 5.82 Å². The zero-order chi connectivity index (χ0) is 13.4. The van der Waals surface area contributed by atoms with E-state index in [1.54, 1.807) is 6.33 Å². The van der Waals surface area contributed by atoms with Crippen molar-refractivity contribution >= 4 is 5.82 Å². The highest BCUT2D eigenvalue weighted by atomic mass is 15.3. The maximum absolute atomic E-state index is 5.87. The zero-order valence-electron chi connectivity index (χ0n) is 11.2. The van der Waals surface area contributed by atoms with E-state index in [0.29, 0.717) is 13.1 Å². The van der Waals surface area contributed by atoms with Crippen molar-refractivity contribution in [2.24, 2.45) is 5.73 Å². The van der Waals surface area contributed by atoms with Crippen molar-refractivity contribution in [2.75, 3.05) is 11.4 Å². The molecule has 1 aliphatic rings. The molecule has 0 bridgehead atoms. The summed E-state index contributed by atoms with van der Waals surface area (Å²) < 4.78 is 2.06. The van der Waals surface area contributed by atoms with Crippen LogP contribution in [-0.4, -0.2) is 31.5 Å². The number of nitrogens with two attached hydrogens (primary N) is 1. The van der Waals surface area contributed by atoms with Gasteiger partial charge in [-0.25, -0.2) is 0 Å². The Labute approximate surface area is 111 Å². The van der Waals surface area contributed by atoms with Crippen LogP contribution in [0.2, 0.25) is 0 Å². The molecule has 2 aromatic heterocycles. The van der Waals surface area contributed by atoms with Gasteiger partial charge in [0, 0.05) is 25.2 Å². The molecule has 7 heteroatoms. The Hall–Kier alpha value is -2.02. The van der Waals surface area contributed by atoms with Crippen LogP contribution in [0.5, 0.6) is 0 Å². The van der Waals surface area contributed by atoms with E-state index in [2.05, 4.69) is 29.9 Å². The van der Waals surface area contributed by atoms with Crippen molar-refractivity contribution < 1.29 is 0 Å². The molecule has 0 atom stereocenters. The van der Waals surface area contributed by atoms with Crippen molar-refractivity contribution in [1.29, 1.82) is 0 Å². The third kappa shape index (κ3) is 1.95. The number of rotatable bonds is 2. The highest BCUT2D eigenvalue weighted by Crippen LogP contribution is 2.24. The molecular weight excluding hydrogens is 242 g/mol. The standard InChI is InChI=1S/C12H17N7/c1-8-9(2)15-17-12(10(8)5-13)18-3-4-19-7-14-16-11(19)6-18/h7H,3-6,13H2,1-2H3. The quantitative estimate of drug-likeness (QED) is 0.827. The van der Waals surface area contributed by atoms with Crippen LogP contribution in [-0.2, 0) is 19.6 Å². The fourth-order valence-corrected chi connectivity index (χ4v) is 2.39. The summed E-state index contributed by atoms with van der Waals surface area (Å²) in [5, 5.41) is 16.6. The van der Waals surface area contributed by atoms with Crippen LogP contribution >= 0.6 is 0 Å². The summed E-state index contributed by atoms with van der Waals surface area (Å²) in [4.78, 5) is 2.17. The molecule has 2 aromatic rings. The lowest BCUT2D eigenvalue weighted by Crippen LogP contribution is -2.35. The van der Waals surface area contributed by atoms with Crippen LogP contribution in [0.3, 0.4) is 0 Å². The first-order valence-corrected chi connectivity index (χ1v) is 6.35. The summed E-state index contributed by atoms with van der Waals surface area (Å²) in [7, 11) is 0. The van der Waals surface area contributed by atoms with Gasteiger partial charge in [0.25, 0.3) is 0 Å². The Morgan fingerprint density at radius 2 is 2.05 bits per heavy atom. The second-order valence-corrected chi connectivity index (χ2v) is 4.78. The van der Waals surface area contributed by atoms with E-state index in [1.807, 2.05) is 13.8 Å². The lowest BCUT2D eigenvalue weighted by molar-refractivity contribution is 0.552. The van der Waals surface area contributed by atoms with Gasteiger partial charge in [-0.3, -0.25) is 0 Å². The largest absolute Gasteiger partial charge is 0.346 e. The van der Waals surface area contributed by atoms with Crippen LogP contribution in [0, 0.1) is 13.8 Å². The minimum atomic E-state index is 0.473. The Bertz CT molecular complexity index is 604. The highest BCUT2D eigenvalue weighted by Gasteiger charge is 2.22. The number of hydrogen-bond acceptors (Lipinski definition) is 6. The molecule has 0 aliphatic carbocycles. The molecule has 3 heterocycles. The van der Waals surface area contributed by atoms with Gasteiger partial charge < -0.3 is 15.2 Å². The van der Waals surface area contributed by atoms with Gasteiger partial charge in [0.1, 0.15) is 6.33 Å². The predicted molar refractivity (Wildman–Crippen MR) is 70.5 cm³/mol. The van der Waals surface area contributed by atoms with E-state index in [0.717, 1.165) is 41.6 Å². The van der Waals surface area contributed by atoms with E-state index in [4.69, 9.17) is 5.73 Å². The summed E-state index contributed by atoms with van der Waals surface area (Å²) in [5.41, 5.74) is 9.00. The monoisotopic (exact) mass is 259 g/mol. The Morgan fingerprint density at radius 3 is 2.84 bits per heavy atom. The van der Waals surface area contributed by atoms with E-state index in [1.165, 1.54) is 0 Å². The van der Waals surface area contributed by atoms with E-state index in [-0.39, 0.29) is 0 Å². The van der Waals surface area contributed by atoms with Crippen molar-refractivity contribution in [3.8, 4) is 0 Å². The van der Waals surface area contributed by atoms with Gasteiger partial charge in [-0.15, -0.1) is 15.3 Å². The average molecular weight is 259 g/mol. The number of aryl methyl sites for hydroxylation is 1. The molecule has 0 spiro atoms. The summed E-state index contributed by atoms with van der Waals surface area (Å²) in [6.07, 6.45) is 1.77. The molecule has 0 amide bonds. The average Bonchev–Trinajstić information content (AvgIpc) is 2.89. The first kappa shape index (κ1) is 12.0.